The molecule has 1 nitrogen and oxygen atoms in total. The van der Waals surface area contributed by atoms with Crippen molar-refractivity contribution in [2.24, 2.45) is 29.6 Å². The summed E-state index contributed by atoms with van der Waals surface area (Å²) in [5.74, 6) is 1.75. The smallest absolute Gasteiger partial charge is 0.200 e. The van der Waals surface area contributed by atoms with Gasteiger partial charge in [-0.15, -0.1) is 0 Å². The molecule has 2 atom stereocenters. The highest BCUT2D eigenvalue weighted by Crippen LogP contribution is 2.40. The van der Waals surface area contributed by atoms with E-state index in [1.807, 2.05) is 0 Å². The van der Waals surface area contributed by atoms with Gasteiger partial charge in [-0.25, -0.2) is 4.39 Å². The first-order valence-electron chi connectivity index (χ1n) is 13.0. The van der Waals surface area contributed by atoms with Gasteiger partial charge in [0.15, 0.2) is 11.6 Å². The van der Waals surface area contributed by atoms with Crippen molar-refractivity contribution in [3.63, 3.8) is 0 Å². The molecule has 3 aliphatic carbocycles. The monoisotopic (exact) mass is 442 g/mol. The van der Waals surface area contributed by atoms with Crippen LogP contribution in [0, 0.1) is 41.2 Å². The maximum absolute atomic E-state index is 14.9. The molecule has 4 rings (SSSR count). The largest absolute Gasteiger partial charge is 0.490 e. The molecule has 0 saturated heterocycles. The van der Waals surface area contributed by atoms with Crippen molar-refractivity contribution < 1.29 is 13.5 Å². The van der Waals surface area contributed by atoms with E-state index in [0.29, 0.717) is 24.0 Å². The van der Waals surface area contributed by atoms with Crippen molar-refractivity contribution in [2.45, 2.75) is 84.0 Å². The Kier molecular flexibility index (Phi) is 8.07. The molecule has 2 saturated carbocycles. The van der Waals surface area contributed by atoms with E-state index >= 15 is 0 Å². The minimum Gasteiger partial charge on any atom is -0.490 e. The molecular formula is C29H40F2O. The van der Waals surface area contributed by atoms with E-state index < -0.39 is 11.6 Å². The predicted molar refractivity (Wildman–Crippen MR) is 128 cm³/mol. The zero-order valence-electron chi connectivity index (χ0n) is 19.9. The number of benzene rings is 1. The summed E-state index contributed by atoms with van der Waals surface area (Å²) in [6.07, 6.45) is 20.7. The average molecular weight is 443 g/mol. The molecule has 1 aromatic rings. The molecule has 32 heavy (non-hydrogen) atoms. The number of rotatable bonds is 6. The summed E-state index contributed by atoms with van der Waals surface area (Å²) in [6.45, 7) is 4.97. The molecule has 0 aromatic heterocycles. The van der Waals surface area contributed by atoms with E-state index in [0.717, 1.165) is 50.4 Å². The Hall–Kier alpha value is -1.64. The van der Waals surface area contributed by atoms with E-state index in [-0.39, 0.29) is 17.6 Å². The average Bonchev–Trinajstić information content (AvgIpc) is 2.81. The van der Waals surface area contributed by atoms with Crippen LogP contribution in [0.2, 0.25) is 0 Å². The molecular weight excluding hydrogens is 402 g/mol. The Balaban J connectivity index is 1.29. The van der Waals surface area contributed by atoms with E-state index in [2.05, 4.69) is 38.2 Å². The van der Waals surface area contributed by atoms with Crippen molar-refractivity contribution in [1.82, 2.24) is 0 Å². The highest BCUT2D eigenvalue weighted by Gasteiger charge is 2.26. The van der Waals surface area contributed by atoms with Crippen LogP contribution in [-0.2, 0) is 0 Å². The van der Waals surface area contributed by atoms with Crippen LogP contribution in [0.25, 0.3) is 0 Å². The lowest BCUT2D eigenvalue weighted by Crippen LogP contribution is -2.16. The first-order chi connectivity index (χ1) is 15.5. The Morgan fingerprint density at radius 2 is 1.44 bits per heavy atom. The Morgan fingerprint density at radius 3 is 2.06 bits per heavy atom. The second kappa shape index (κ2) is 11.0. The zero-order chi connectivity index (χ0) is 22.5. The van der Waals surface area contributed by atoms with Gasteiger partial charge in [0.05, 0.1) is 6.61 Å². The van der Waals surface area contributed by atoms with E-state index in [9.17, 15) is 8.78 Å². The minimum atomic E-state index is -0.816. The molecule has 0 heterocycles. The number of ether oxygens (including phenoxy) is 1. The lowest BCUT2D eigenvalue weighted by molar-refractivity contribution is 0.243. The summed E-state index contributed by atoms with van der Waals surface area (Å²) in [7, 11) is 0. The highest BCUT2D eigenvalue weighted by atomic mass is 19.2. The number of hydrogen-bond donors (Lipinski definition) is 0. The van der Waals surface area contributed by atoms with Gasteiger partial charge in [0, 0.05) is 5.92 Å². The molecule has 3 heteroatoms. The highest BCUT2D eigenvalue weighted by molar-refractivity contribution is 5.33. The van der Waals surface area contributed by atoms with Gasteiger partial charge in [0.2, 0.25) is 5.82 Å². The van der Waals surface area contributed by atoms with Crippen LogP contribution in [0.3, 0.4) is 0 Å². The van der Waals surface area contributed by atoms with E-state index in [1.54, 1.807) is 12.1 Å². The molecule has 2 fully saturated rings. The normalized spacial score (nSPS) is 33.5. The van der Waals surface area contributed by atoms with Crippen LogP contribution in [0.15, 0.2) is 36.4 Å². The molecule has 3 aliphatic rings. The van der Waals surface area contributed by atoms with Crippen LogP contribution in [0.1, 0.15) is 89.5 Å². The fourth-order valence-electron chi connectivity index (χ4n) is 5.74. The van der Waals surface area contributed by atoms with Crippen LogP contribution in [0.5, 0.6) is 5.75 Å². The third kappa shape index (κ3) is 6.02. The van der Waals surface area contributed by atoms with E-state index in [4.69, 9.17) is 4.74 Å². The van der Waals surface area contributed by atoms with Crippen molar-refractivity contribution in [1.29, 1.82) is 0 Å². The van der Waals surface area contributed by atoms with Gasteiger partial charge in [0.25, 0.3) is 0 Å². The minimum absolute atomic E-state index is 0.0525. The quantitative estimate of drug-likeness (QED) is 0.401. The first kappa shape index (κ1) is 23.5. The van der Waals surface area contributed by atoms with Crippen molar-refractivity contribution in [2.75, 3.05) is 6.61 Å². The summed E-state index contributed by atoms with van der Waals surface area (Å²) in [4.78, 5) is 0. The van der Waals surface area contributed by atoms with Crippen molar-refractivity contribution in [3.05, 3.63) is 53.6 Å². The summed E-state index contributed by atoms with van der Waals surface area (Å²) in [5.41, 5.74) is 0.532. The number of halogens is 2. The Labute approximate surface area is 193 Å². The van der Waals surface area contributed by atoms with Crippen LogP contribution < -0.4 is 4.74 Å². The lowest BCUT2D eigenvalue weighted by atomic mass is 9.77. The molecule has 2 unspecified atom stereocenters. The fourth-order valence-corrected chi connectivity index (χ4v) is 5.74. The molecule has 0 bridgehead atoms. The Bertz CT molecular complexity index is 798. The third-order valence-corrected chi connectivity index (χ3v) is 8.16. The molecule has 0 aliphatic heterocycles. The van der Waals surface area contributed by atoms with Gasteiger partial charge in [-0.2, -0.15) is 4.39 Å². The predicted octanol–water partition coefficient (Wildman–Crippen LogP) is 8.60. The van der Waals surface area contributed by atoms with Crippen molar-refractivity contribution >= 4 is 0 Å². The van der Waals surface area contributed by atoms with Gasteiger partial charge in [-0.05, 0) is 92.6 Å². The van der Waals surface area contributed by atoms with Gasteiger partial charge >= 0.3 is 0 Å². The molecule has 1 aromatic carbocycles. The second-order valence-corrected chi connectivity index (χ2v) is 10.8. The van der Waals surface area contributed by atoms with Crippen LogP contribution >= 0.6 is 0 Å². The lowest BCUT2D eigenvalue weighted by Gasteiger charge is -2.28. The maximum atomic E-state index is 14.9. The summed E-state index contributed by atoms with van der Waals surface area (Å²) < 4.78 is 35.3. The van der Waals surface area contributed by atoms with Gasteiger partial charge < -0.3 is 4.74 Å². The third-order valence-electron chi connectivity index (χ3n) is 8.16. The number of hydrogen-bond acceptors (Lipinski definition) is 1. The summed E-state index contributed by atoms with van der Waals surface area (Å²) in [6, 6.07) is 3.40. The SMILES string of the molecule is CC1C=CC(COc2ccc(C3CCC(/C=C/C4CCC(C)CC4)CC3)c(F)c2F)CC1. The summed E-state index contributed by atoms with van der Waals surface area (Å²) in [5, 5.41) is 0. The molecule has 0 amide bonds. The van der Waals surface area contributed by atoms with Gasteiger partial charge in [-0.1, -0.05) is 57.1 Å². The van der Waals surface area contributed by atoms with Crippen LogP contribution in [0.4, 0.5) is 8.78 Å². The van der Waals surface area contributed by atoms with Gasteiger partial charge in [-0.3, -0.25) is 0 Å². The molecule has 0 spiro atoms. The van der Waals surface area contributed by atoms with Gasteiger partial charge in [0.1, 0.15) is 0 Å². The molecule has 0 N–H and O–H groups in total. The molecule has 0 radical (unpaired) electrons. The van der Waals surface area contributed by atoms with Crippen LogP contribution in [-0.4, -0.2) is 6.61 Å². The standard InChI is InChI=1S/C29H40F2O/c1-20-3-7-22(8-4-20)11-12-23-13-15-25(16-14-23)26-17-18-27(29(31)28(26)30)32-19-24-9-5-21(2)6-10-24/h5,9,11-12,17-18,20-25H,3-4,6-8,10,13-16,19H2,1-2H3/b12-11+. The molecule has 176 valence electrons. The number of allylic oxidation sites excluding steroid dienone is 3. The summed E-state index contributed by atoms with van der Waals surface area (Å²) >= 11 is 0. The maximum Gasteiger partial charge on any atom is 0.200 e. The zero-order valence-corrected chi connectivity index (χ0v) is 19.9. The fraction of sp³-hybridized carbons (Fsp3) is 0.655. The van der Waals surface area contributed by atoms with E-state index in [1.165, 1.54) is 25.7 Å². The Morgan fingerprint density at radius 1 is 0.781 bits per heavy atom. The topological polar surface area (TPSA) is 9.23 Å². The van der Waals surface area contributed by atoms with Crippen molar-refractivity contribution in [3.8, 4) is 5.75 Å². The first-order valence-corrected chi connectivity index (χ1v) is 13.0. The second-order valence-electron chi connectivity index (χ2n) is 10.8.